The molecule has 0 bridgehead atoms. The molecule has 7 rings (SSSR count). The van der Waals surface area contributed by atoms with Crippen LogP contribution < -0.4 is 10.6 Å². The summed E-state index contributed by atoms with van der Waals surface area (Å²) >= 11 is 8.12. The summed E-state index contributed by atoms with van der Waals surface area (Å²) in [6.45, 7) is 3.89. The largest absolute Gasteiger partial charge is 0.384 e. The van der Waals surface area contributed by atoms with E-state index in [2.05, 4.69) is 37.5 Å². The zero-order valence-electron chi connectivity index (χ0n) is 19.3. The van der Waals surface area contributed by atoms with Crippen LogP contribution in [0.2, 0.25) is 5.02 Å². The van der Waals surface area contributed by atoms with Crippen molar-refractivity contribution in [2.45, 2.75) is 42.4 Å². The number of nitrogen functional groups attached to an aromatic ring is 1. The van der Waals surface area contributed by atoms with Gasteiger partial charge in [-0.05, 0) is 67.9 Å². The van der Waals surface area contributed by atoms with Crippen LogP contribution in [0, 0.1) is 12.3 Å². The van der Waals surface area contributed by atoms with Crippen LogP contribution in [-0.2, 0) is 12.8 Å². The lowest BCUT2D eigenvalue weighted by Gasteiger charge is -2.39. The van der Waals surface area contributed by atoms with Gasteiger partial charge in [0, 0.05) is 29.9 Å². The van der Waals surface area contributed by atoms with Gasteiger partial charge in [-0.1, -0.05) is 29.4 Å². The standard InChI is InChI=1S/C26H24ClN7S/c1-15-23(27)19(6-9-29-15)35-20-3-5-22-32-24(18-14-30-25(20)34(18)22)33-10-7-26(8-11-33)12-16-2-4-21(28)31-17(16)13-26/h2-6,9,14H,7-8,10-13H2,1H3,(H2,28,31). The molecular weight excluding hydrogens is 478 g/mol. The van der Waals surface area contributed by atoms with Crippen LogP contribution in [0.1, 0.15) is 29.8 Å². The monoisotopic (exact) mass is 501 g/mol. The van der Waals surface area contributed by atoms with E-state index in [9.17, 15) is 0 Å². The molecule has 1 aliphatic carbocycles. The van der Waals surface area contributed by atoms with Crippen LogP contribution in [0.4, 0.5) is 11.6 Å². The first kappa shape index (κ1) is 21.2. The molecule has 1 fully saturated rings. The second kappa shape index (κ2) is 7.70. The number of anilines is 2. The molecule has 0 atom stereocenters. The van der Waals surface area contributed by atoms with E-state index in [1.807, 2.05) is 25.3 Å². The lowest BCUT2D eigenvalue weighted by molar-refractivity contribution is 0.231. The highest BCUT2D eigenvalue weighted by Gasteiger charge is 2.41. The average Bonchev–Trinajstić information content (AvgIpc) is 3.54. The smallest absolute Gasteiger partial charge is 0.157 e. The van der Waals surface area contributed by atoms with Gasteiger partial charge in [-0.15, -0.1) is 0 Å². The van der Waals surface area contributed by atoms with Gasteiger partial charge in [0.05, 0.1) is 21.8 Å². The second-order valence-corrected chi connectivity index (χ2v) is 11.2. The second-order valence-electron chi connectivity index (χ2n) is 9.79. The van der Waals surface area contributed by atoms with Crippen LogP contribution in [0.15, 0.2) is 52.5 Å². The Labute approximate surface area is 212 Å². The van der Waals surface area contributed by atoms with Crippen molar-refractivity contribution in [2.24, 2.45) is 5.41 Å². The number of hydrogen-bond acceptors (Lipinski definition) is 7. The third-order valence-corrected chi connectivity index (χ3v) is 9.30. The molecule has 2 aliphatic rings. The molecule has 35 heavy (non-hydrogen) atoms. The van der Waals surface area contributed by atoms with Crippen LogP contribution in [0.3, 0.4) is 0 Å². The number of pyridine rings is 3. The van der Waals surface area contributed by atoms with E-state index in [1.54, 1.807) is 18.0 Å². The Morgan fingerprint density at radius 2 is 1.86 bits per heavy atom. The summed E-state index contributed by atoms with van der Waals surface area (Å²) in [5, 5.41) is 0.688. The third-order valence-electron chi connectivity index (χ3n) is 7.61. The number of piperidine rings is 1. The SMILES string of the molecule is Cc1nccc(Sc2ccc3nc(N4CCC5(CC4)Cc4ccc(N)nc4C5)c4cnc2n34)c1Cl. The summed E-state index contributed by atoms with van der Waals surface area (Å²) in [5.41, 5.74) is 12.5. The number of fused-ring (bicyclic) bond motifs is 1. The van der Waals surface area contributed by atoms with Crippen molar-refractivity contribution >= 4 is 51.8 Å². The molecule has 176 valence electrons. The minimum absolute atomic E-state index is 0.296. The van der Waals surface area contributed by atoms with E-state index in [-0.39, 0.29) is 0 Å². The molecule has 0 amide bonds. The fourth-order valence-electron chi connectivity index (χ4n) is 5.73. The van der Waals surface area contributed by atoms with E-state index in [0.29, 0.717) is 16.3 Å². The van der Waals surface area contributed by atoms with Crippen molar-refractivity contribution in [3.05, 3.63) is 64.7 Å². The van der Waals surface area contributed by atoms with E-state index < -0.39 is 0 Å². The zero-order chi connectivity index (χ0) is 23.7. The first-order chi connectivity index (χ1) is 17.0. The number of nitrogens with two attached hydrogens (primary N) is 1. The van der Waals surface area contributed by atoms with E-state index in [1.165, 1.54) is 11.3 Å². The topological polar surface area (TPSA) is 85.2 Å². The lowest BCUT2D eigenvalue weighted by Crippen LogP contribution is -2.41. The fraction of sp³-hybridized carbons (Fsp3) is 0.308. The number of nitrogens with zero attached hydrogens (tertiary/aromatic N) is 6. The van der Waals surface area contributed by atoms with Crippen molar-refractivity contribution < 1.29 is 0 Å². The molecule has 1 spiro atoms. The van der Waals surface area contributed by atoms with Crippen molar-refractivity contribution in [1.82, 2.24) is 24.3 Å². The van der Waals surface area contributed by atoms with Crippen LogP contribution in [0.25, 0.3) is 16.8 Å². The maximum absolute atomic E-state index is 6.51. The van der Waals surface area contributed by atoms with E-state index in [0.717, 1.165) is 76.9 Å². The Balaban J connectivity index is 1.16. The Morgan fingerprint density at radius 3 is 2.71 bits per heavy atom. The quantitative estimate of drug-likeness (QED) is 0.364. The first-order valence-corrected chi connectivity index (χ1v) is 13.1. The molecule has 7 nitrogen and oxygen atoms in total. The normalized spacial score (nSPS) is 17.1. The van der Waals surface area contributed by atoms with Crippen molar-refractivity contribution in [3.63, 3.8) is 0 Å². The Hall–Kier alpha value is -3.10. The molecular formula is C26H24ClN7S. The summed E-state index contributed by atoms with van der Waals surface area (Å²) in [7, 11) is 0. The van der Waals surface area contributed by atoms with Crippen molar-refractivity contribution in [3.8, 4) is 0 Å². The zero-order valence-corrected chi connectivity index (χ0v) is 20.9. The highest BCUT2D eigenvalue weighted by atomic mass is 35.5. The molecule has 0 saturated carbocycles. The molecule has 5 aromatic heterocycles. The lowest BCUT2D eigenvalue weighted by atomic mass is 9.76. The van der Waals surface area contributed by atoms with E-state index >= 15 is 0 Å². The number of rotatable bonds is 3. The first-order valence-electron chi connectivity index (χ1n) is 11.9. The maximum atomic E-state index is 6.51. The predicted octanol–water partition coefficient (Wildman–Crippen LogP) is 5.19. The summed E-state index contributed by atoms with van der Waals surface area (Å²) in [5.74, 6) is 1.65. The maximum Gasteiger partial charge on any atom is 0.157 e. The fourth-order valence-corrected chi connectivity index (χ4v) is 6.93. The average molecular weight is 502 g/mol. The minimum atomic E-state index is 0.296. The van der Waals surface area contributed by atoms with Gasteiger partial charge in [-0.25, -0.2) is 15.0 Å². The summed E-state index contributed by atoms with van der Waals surface area (Å²) in [6.07, 6.45) is 8.13. The van der Waals surface area contributed by atoms with Crippen LogP contribution in [0.5, 0.6) is 0 Å². The number of imidazole rings is 2. The molecule has 6 heterocycles. The third kappa shape index (κ3) is 3.34. The van der Waals surface area contributed by atoms with Gasteiger partial charge in [0.2, 0.25) is 0 Å². The minimum Gasteiger partial charge on any atom is -0.384 e. The van der Waals surface area contributed by atoms with Gasteiger partial charge in [-0.3, -0.25) is 9.38 Å². The molecule has 1 aliphatic heterocycles. The molecule has 0 aromatic carbocycles. The predicted molar refractivity (Wildman–Crippen MR) is 140 cm³/mol. The van der Waals surface area contributed by atoms with Gasteiger partial charge in [-0.2, -0.15) is 0 Å². The van der Waals surface area contributed by atoms with Crippen LogP contribution >= 0.6 is 23.4 Å². The summed E-state index contributed by atoms with van der Waals surface area (Å²) < 4.78 is 2.17. The molecule has 9 heteroatoms. The van der Waals surface area contributed by atoms with Gasteiger partial charge in [0.1, 0.15) is 17.0 Å². The Morgan fingerprint density at radius 1 is 1.00 bits per heavy atom. The molecule has 0 radical (unpaired) electrons. The molecule has 0 unspecified atom stereocenters. The number of aromatic nitrogens is 5. The Bertz CT molecular complexity index is 1590. The van der Waals surface area contributed by atoms with Crippen LogP contribution in [-0.4, -0.2) is 37.4 Å². The van der Waals surface area contributed by atoms with Gasteiger partial charge < -0.3 is 10.6 Å². The highest BCUT2D eigenvalue weighted by molar-refractivity contribution is 7.99. The summed E-state index contributed by atoms with van der Waals surface area (Å²) in [6, 6.07) is 10.2. The van der Waals surface area contributed by atoms with Crippen molar-refractivity contribution in [2.75, 3.05) is 23.7 Å². The number of halogens is 1. The van der Waals surface area contributed by atoms with E-state index in [4.69, 9.17) is 27.3 Å². The molecule has 1 saturated heterocycles. The number of aryl methyl sites for hydroxylation is 1. The molecule has 2 N–H and O–H groups in total. The Kier molecular flexibility index (Phi) is 4.66. The highest BCUT2D eigenvalue weighted by Crippen LogP contribution is 2.45. The summed E-state index contributed by atoms with van der Waals surface area (Å²) in [4.78, 5) is 23.1. The van der Waals surface area contributed by atoms with Gasteiger partial charge in [0.15, 0.2) is 11.5 Å². The molecule has 5 aromatic rings. The van der Waals surface area contributed by atoms with Gasteiger partial charge in [0.25, 0.3) is 0 Å². The van der Waals surface area contributed by atoms with Gasteiger partial charge >= 0.3 is 0 Å². The number of hydrogen-bond donors (Lipinski definition) is 1. The van der Waals surface area contributed by atoms with Crippen molar-refractivity contribution in [1.29, 1.82) is 0 Å².